The van der Waals surface area contributed by atoms with Gasteiger partial charge in [0.2, 0.25) is 15.9 Å². The first kappa shape index (κ1) is 20.7. The minimum absolute atomic E-state index is 0.0550. The number of sulfonamides is 1. The average Bonchev–Trinajstić information content (AvgIpc) is 3.51. The van der Waals surface area contributed by atoms with E-state index in [-0.39, 0.29) is 35.5 Å². The number of anilines is 1. The van der Waals surface area contributed by atoms with Crippen LogP contribution in [-0.2, 0) is 21.4 Å². The molecule has 10 nitrogen and oxygen atoms in total. The molecule has 1 aliphatic rings. The summed E-state index contributed by atoms with van der Waals surface area (Å²) < 4.78 is 22.8. The van der Waals surface area contributed by atoms with Crippen molar-refractivity contribution in [2.24, 2.45) is 5.14 Å². The van der Waals surface area contributed by atoms with E-state index in [0.29, 0.717) is 6.54 Å². The second-order valence-electron chi connectivity index (χ2n) is 6.77. The number of hydrogen-bond donors (Lipinski definition) is 2. The largest absolute Gasteiger partial charge is 0.379 e. The van der Waals surface area contributed by atoms with Gasteiger partial charge in [-0.25, -0.2) is 13.6 Å². The Labute approximate surface area is 167 Å². The molecule has 2 aromatic rings. The normalized spacial score (nSPS) is 13.7. The van der Waals surface area contributed by atoms with Crippen molar-refractivity contribution in [1.82, 2.24) is 9.88 Å². The van der Waals surface area contributed by atoms with E-state index in [1.165, 1.54) is 12.1 Å². The lowest BCUT2D eigenvalue weighted by Crippen LogP contribution is -2.33. The molecule has 0 saturated heterocycles. The van der Waals surface area contributed by atoms with Gasteiger partial charge >= 0.3 is 0 Å². The molecule has 3 rings (SSSR count). The predicted octanol–water partition coefficient (Wildman–Crippen LogP) is 1.63. The van der Waals surface area contributed by atoms with Crippen molar-refractivity contribution in [3.05, 3.63) is 58.4 Å². The van der Waals surface area contributed by atoms with E-state index in [1.54, 1.807) is 12.4 Å². The number of amides is 1. The smallest absolute Gasteiger partial charge is 0.293 e. The molecule has 11 heteroatoms. The summed E-state index contributed by atoms with van der Waals surface area (Å²) in [7, 11) is -4.05. The van der Waals surface area contributed by atoms with Crippen LogP contribution in [-0.4, -0.2) is 41.7 Å². The van der Waals surface area contributed by atoms with Gasteiger partial charge in [0, 0.05) is 44.0 Å². The van der Waals surface area contributed by atoms with E-state index in [9.17, 15) is 23.3 Å². The number of rotatable bonds is 9. The number of nitrogens with one attached hydrogen (secondary N) is 1. The van der Waals surface area contributed by atoms with E-state index >= 15 is 0 Å². The number of carbonyl (C=O) groups excluding carboxylic acids is 1. The third-order valence-electron chi connectivity index (χ3n) is 4.56. The van der Waals surface area contributed by atoms with Crippen LogP contribution in [0.3, 0.4) is 0 Å². The maximum Gasteiger partial charge on any atom is 0.293 e. The van der Waals surface area contributed by atoms with Crippen LogP contribution >= 0.6 is 0 Å². The van der Waals surface area contributed by atoms with Crippen molar-refractivity contribution in [3.63, 3.8) is 0 Å². The number of carbonyl (C=O) groups is 1. The first-order valence-electron chi connectivity index (χ1n) is 8.99. The Morgan fingerprint density at radius 1 is 1.28 bits per heavy atom. The highest BCUT2D eigenvalue weighted by atomic mass is 32.2. The Balaban J connectivity index is 1.64. The summed E-state index contributed by atoms with van der Waals surface area (Å²) in [5, 5.41) is 19.1. The van der Waals surface area contributed by atoms with Gasteiger partial charge < -0.3 is 10.2 Å². The molecule has 1 aliphatic carbocycles. The Morgan fingerprint density at radius 2 is 1.97 bits per heavy atom. The van der Waals surface area contributed by atoms with Crippen LogP contribution in [0.25, 0.3) is 0 Å². The lowest BCUT2D eigenvalue weighted by atomic mass is 10.2. The molecule has 0 atom stereocenters. The lowest BCUT2D eigenvalue weighted by molar-refractivity contribution is -0.384. The molecule has 0 spiro atoms. The monoisotopic (exact) mass is 419 g/mol. The van der Waals surface area contributed by atoms with Crippen molar-refractivity contribution >= 4 is 27.3 Å². The summed E-state index contributed by atoms with van der Waals surface area (Å²) in [5.74, 6) is -0.0550. The van der Waals surface area contributed by atoms with Crippen LogP contribution in [0.5, 0.6) is 0 Å². The zero-order valence-electron chi connectivity index (χ0n) is 15.5. The maximum atomic E-state index is 12.7. The number of aromatic nitrogens is 1. The molecule has 1 aromatic heterocycles. The van der Waals surface area contributed by atoms with Crippen LogP contribution in [0, 0.1) is 10.1 Å². The van der Waals surface area contributed by atoms with Crippen LogP contribution in [0.2, 0.25) is 0 Å². The van der Waals surface area contributed by atoms with Crippen molar-refractivity contribution in [2.75, 3.05) is 11.9 Å². The van der Waals surface area contributed by atoms with E-state index < -0.39 is 20.6 Å². The number of nitro benzene ring substituents is 1. The summed E-state index contributed by atoms with van der Waals surface area (Å²) in [6, 6.07) is 7.30. The van der Waals surface area contributed by atoms with Crippen LogP contribution in [0.15, 0.2) is 47.6 Å². The second kappa shape index (κ2) is 8.53. The minimum atomic E-state index is -4.05. The van der Waals surface area contributed by atoms with Gasteiger partial charge in [-0.1, -0.05) is 0 Å². The van der Waals surface area contributed by atoms with Gasteiger partial charge in [-0.05, 0) is 42.7 Å². The Bertz CT molecular complexity index is 1010. The average molecular weight is 419 g/mol. The number of hydrogen-bond acceptors (Lipinski definition) is 7. The highest BCUT2D eigenvalue weighted by Crippen LogP contribution is 2.30. The topological polar surface area (TPSA) is 149 Å². The number of nitrogens with two attached hydrogens (primary N) is 1. The third kappa shape index (κ3) is 5.48. The van der Waals surface area contributed by atoms with Crippen molar-refractivity contribution in [3.8, 4) is 0 Å². The Morgan fingerprint density at radius 3 is 2.55 bits per heavy atom. The fourth-order valence-corrected chi connectivity index (χ4v) is 3.46. The molecule has 0 unspecified atom stereocenters. The molecular weight excluding hydrogens is 398 g/mol. The SMILES string of the molecule is NS(=O)(=O)c1ccc(NCCC(=O)N(Cc2ccncc2)C2CC2)c([N+](=O)[O-])c1. The number of nitro groups is 1. The summed E-state index contributed by atoms with van der Waals surface area (Å²) >= 11 is 0. The van der Waals surface area contributed by atoms with Crippen molar-refractivity contribution in [1.29, 1.82) is 0 Å². The Hall–Kier alpha value is -3.05. The van der Waals surface area contributed by atoms with Gasteiger partial charge in [-0.2, -0.15) is 0 Å². The molecule has 0 aliphatic heterocycles. The number of primary sulfonamides is 1. The molecule has 1 saturated carbocycles. The molecule has 3 N–H and O–H groups in total. The van der Waals surface area contributed by atoms with Crippen molar-refractivity contribution in [2.45, 2.75) is 36.7 Å². The molecule has 154 valence electrons. The fourth-order valence-electron chi connectivity index (χ4n) is 2.93. The van der Waals surface area contributed by atoms with Gasteiger partial charge in [-0.3, -0.25) is 19.9 Å². The summed E-state index contributed by atoms with van der Waals surface area (Å²) in [6.07, 6.45) is 5.43. The molecule has 1 amide bonds. The second-order valence-corrected chi connectivity index (χ2v) is 8.33. The highest BCUT2D eigenvalue weighted by molar-refractivity contribution is 7.89. The Kier molecular flexibility index (Phi) is 6.09. The van der Waals surface area contributed by atoms with Gasteiger partial charge in [0.05, 0.1) is 9.82 Å². The molecular formula is C18H21N5O5S. The van der Waals surface area contributed by atoms with Crippen LogP contribution in [0.4, 0.5) is 11.4 Å². The summed E-state index contributed by atoms with van der Waals surface area (Å²) in [6.45, 7) is 0.670. The maximum absolute atomic E-state index is 12.7. The van der Waals surface area contributed by atoms with Crippen LogP contribution in [0.1, 0.15) is 24.8 Å². The summed E-state index contributed by atoms with van der Waals surface area (Å²) in [5.41, 5.74) is 0.699. The van der Waals surface area contributed by atoms with E-state index in [4.69, 9.17) is 5.14 Å². The van der Waals surface area contributed by atoms with E-state index in [0.717, 1.165) is 24.5 Å². The number of pyridine rings is 1. The van der Waals surface area contributed by atoms with Gasteiger partial charge in [0.25, 0.3) is 5.69 Å². The quantitative estimate of drug-likeness (QED) is 0.463. The molecule has 1 fully saturated rings. The minimum Gasteiger partial charge on any atom is -0.379 e. The number of nitrogens with zero attached hydrogens (tertiary/aromatic N) is 3. The zero-order valence-corrected chi connectivity index (χ0v) is 16.3. The van der Waals surface area contributed by atoms with Gasteiger partial charge in [-0.15, -0.1) is 0 Å². The standard InChI is InChI=1S/C18H21N5O5S/c19-29(27,28)15-3-4-16(17(11-15)23(25)26)21-10-7-18(24)22(14-1-2-14)12-13-5-8-20-9-6-13/h3-6,8-9,11,14,21H,1-2,7,10,12H2,(H2,19,27,28). The molecule has 1 heterocycles. The van der Waals surface area contributed by atoms with Gasteiger partial charge in [0.1, 0.15) is 5.69 Å². The number of benzene rings is 1. The van der Waals surface area contributed by atoms with E-state index in [1.807, 2.05) is 17.0 Å². The molecule has 0 radical (unpaired) electrons. The lowest BCUT2D eigenvalue weighted by Gasteiger charge is -2.22. The first-order valence-corrected chi connectivity index (χ1v) is 10.5. The van der Waals surface area contributed by atoms with E-state index in [2.05, 4.69) is 10.3 Å². The third-order valence-corrected chi connectivity index (χ3v) is 5.47. The first-order chi connectivity index (χ1) is 13.8. The molecule has 1 aromatic carbocycles. The summed E-state index contributed by atoms with van der Waals surface area (Å²) in [4.78, 5) is 28.7. The fraction of sp³-hybridized carbons (Fsp3) is 0.333. The van der Waals surface area contributed by atoms with Crippen LogP contribution < -0.4 is 10.5 Å². The zero-order chi connectivity index (χ0) is 21.0. The van der Waals surface area contributed by atoms with Gasteiger partial charge in [0.15, 0.2) is 0 Å². The molecule has 0 bridgehead atoms. The predicted molar refractivity (Wildman–Crippen MR) is 105 cm³/mol. The molecule has 29 heavy (non-hydrogen) atoms. The highest BCUT2D eigenvalue weighted by Gasteiger charge is 2.32. The van der Waals surface area contributed by atoms with Crippen molar-refractivity contribution < 1.29 is 18.1 Å².